The summed E-state index contributed by atoms with van der Waals surface area (Å²) in [5.74, 6) is 0. The zero-order valence-corrected chi connectivity index (χ0v) is 9.51. The Balaban J connectivity index is 3.24. The fourth-order valence-electron chi connectivity index (χ4n) is 1.01. The summed E-state index contributed by atoms with van der Waals surface area (Å²) >= 11 is 8.93. The molecule has 0 fully saturated rings. The number of nitrogens with zero attached hydrogens (tertiary/aromatic N) is 1. The van der Waals surface area contributed by atoms with Crippen LogP contribution in [0.25, 0.3) is 0 Å². The first-order valence-corrected chi connectivity index (χ1v) is 5.33. The molecule has 1 aromatic rings. The molecule has 0 radical (unpaired) electrons. The minimum atomic E-state index is -0.680. The maximum atomic E-state index is 9.51. The van der Waals surface area contributed by atoms with Gasteiger partial charge in [-0.1, -0.05) is 27.5 Å². The first-order valence-electron chi connectivity index (χ1n) is 3.83. The van der Waals surface area contributed by atoms with Gasteiger partial charge in [-0.05, 0) is 17.7 Å². The maximum Gasteiger partial charge on any atom is 0.101 e. The maximum absolute atomic E-state index is 9.51. The highest BCUT2D eigenvalue weighted by atomic mass is 79.9. The lowest BCUT2D eigenvalue weighted by molar-refractivity contribution is 0.205. The third-order valence-corrected chi connectivity index (χ3v) is 2.73. The van der Waals surface area contributed by atoms with Crippen molar-refractivity contribution in [2.24, 2.45) is 0 Å². The number of alkyl halides is 1. The van der Waals surface area contributed by atoms with Crippen molar-refractivity contribution in [1.82, 2.24) is 0 Å². The van der Waals surface area contributed by atoms with Crippen molar-refractivity contribution in [2.45, 2.75) is 6.10 Å². The van der Waals surface area contributed by atoms with Gasteiger partial charge >= 0.3 is 0 Å². The van der Waals surface area contributed by atoms with Crippen LogP contribution in [-0.2, 0) is 0 Å². The number of hydrogen-bond donors (Lipinski definition) is 2. The number of rotatable bonds is 2. The number of anilines is 1. The van der Waals surface area contributed by atoms with Crippen LogP contribution in [0.5, 0.6) is 0 Å². The summed E-state index contributed by atoms with van der Waals surface area (Å²) in [7, 11) is 0. The van der Waals surface area contributed by atoms with Crippen molar-refractivity contribution in [3.8, 4) is 6.07 Å². The molecular weight excluding hydrogens is 267 g/mol. The van der Waals surface area contributed by atoms with Crippen LogP contribution < -0.4 is 5.73 Å². The topological polar surface area (TPSA) is 70.0 Å². The third-order valence-electron chi connectivity index (χ3n) is 1.80. The number of aliphatic hydroxyl groups excluding tert-OH is 1. The summed E-state index contributed by atoms with van der Waals surface area (Å²) in [5, 5.41) is 18.9. The largest absolute Gasteiger partial charge is 0.396 e. The minimum absolute atomic E-state index is 0.250. The van der Waals surface area contributed by atoms with Gasteiger partial charge in [0.1, 0.15) is 6.07 Å². The van der Waals surface area contributed by atoms with E-state index in [1.54, 1.807) is 6.07 Å². The average molecular weight is 276 g/mol. The zero-order chi connectivity index (χ0) is 10.7. The predicted molar refractivity (Wildman–Crippen MR) is 59.3 cm³/mol. The first kappa shape index (κ1) is 11.3. The molecule has 0 aliphatic rings. The van der Waals surface area contributed by atoms with Gasteiger partial charge in [-0.2, -0.15) is 5.26 Å². The fraction of sp³-hybridized carbons (Fsp3) is 0.222. The smallest absolute Gasteiger partial charge is 0.101 e. The number of nitrogen functional groups attached to an aromatic ring is 1. The number of aliphatic hydroxyl groups is 1. The standard InChI is InChI=1S/C9H8BrClN2O/c10-3-8(14)5-1-6(4-12)9(13)7(11)2-5/h1-2,8,14H,3,13H2/t8-/m0/s1. The van der Waals surface area contributed by atoms with Crippen LogP contribution in [0.3, 0.4) is 0 Å². The Morgan fingerprint density at radius 3 is 2.79 bits per heavy atom. The highest BCUT2D eigenvalue weighted by Crippen LogP contribution is 2.27. The van der Waals surface area contributed by atoms with E-state index < -0.39 is 6.10 Å². The summed E-state index contributed by atoms with van der Waals surface area (Å²) in [6.07, 6.45) is -0.680. The lowest BCUT2D eigenvalue weighted by Crippen LogP contribution is -2.01. The Kier molecular flexibility index (Phi) is 3.76. The molecular formula is C9H8BrClN2O. The molecule has 0 unspecified atom stereocenters. The quantitative estimate of drug-likeness (QED) is 0.642. The molecule has 5 heteroatoms. The Labute approximate surface area is 95.2 Å². The van der Waals surface area contributed by atoms with Crippen LogP contribution in [-0.4, -0.2) is 10.4 Å². The van der Waals surface area contributed by atoms with E-state index >= 15 is 0 Å². The molecule has 74 valence electrons. The summed E-state index contributed by atoms with van der Waals surface area (Å²) in [6.45, 7) is 0. The van der Waals surface area contributed by atoms with E-state index in [-0.39, 0.29) is 11.3 Å². The van der Waals surface area contributed by atoms with Crippen molar-refractivity contribution in [1.29, 1.82) is 5.26 Å². The molecule has 0 bridgehead atoms. The summed E-state index contributed by atoms with van der Waals surface area (Å²) < 4.78 is 0. The summed E-state index contributed by atoms with van der Waals surface area (Å²) in [6, 6.07) is 5.01. The molecule has 0 aromatic heterocycles. The highest BCUT2D eigenvalue weighted by molar-refractivity contribution is 9.09. The number of hydrogen-bond acceptors (Lipinski definition) is 3. The van der Waals surface area contributed by atoms with E-state index in [0.29, 0.717) is 15.9 Å². The van der Waals surface area contributed by atoms with Crippen molar-refractivity contribution in [3.63, 3.8) is 0 Å². The van der Waals surface area contributed by atoms with E-state index in [2.05, 4.69) is 15.9 Å². The van der Waals surface area contributed by atoms with Gasteiger partial charge in [0.2, 0.25) is 0 Å². The molecule has 0 aliphatic heterocycles. The molecule has 0 spiro atoms. The van der Waals surface area contributed by atoms with E-state index in [1.165, 1.54) is 6.07 Å². The highest BCUT2D eigenvalue weighted by Gasteiger charge is 2.11. The molecule has 1 rings (SSSR count). The van der Waals surface area contributed by atoms with Crippen molar-refractivity contribution in [3.05, 3.63) is 28.3 Å². The Morgan fingerprint density at radius 1 is 1.64 bits per heavy atom. The fourth-order valence-corrected chi connectivity index (χ4v) is 1.61. The summed E-state index contributed by atoms with van der Waals surface area (Å²) in [5.41, 5.74) is 6.67. The van der Waals surface area contributed by atoms with E-state index in [4.69, 9.17) is 22.6 Å². The number of nitriles is 1. The van der Waals surface area contributed by atoms with Crippen molar-refractivity contribution in [2.75, 3.05) is 11.1 Å². The van der Waals surface area contributed by atoms with E-state index in [0.717, 1.165) is 0 Å². The number of halogens is 2. The minimum Gasteiger partial charge on any atom is -0.396 e. The average Bonchev–Trinajstić information content (AvgIpc) is 2.20. The van der Waals surface area contributed by atoms with Crippen molar-refractivity contribution < 1.29 is 5.11 Å². The SMILES string of the molecule is N#Cc1cc([C@@H](O)CBr)cc(Cl)c1N. The van der Waals surface area contributed by atoms with Crippen LogP contribution >= 0.6 is 27.5 Å². The Bertz CT molecular complexity index is 389. The van der Waals surface area contributed by atoms with Gasteiger partial charge in [0.25, 0.3) is 0 Å². The van der Waals surface area contributed by atoms with Gasteiger partial charge in [-0.25, -0.2) is 0 Å². The molecule has 3 N–H and O–H groups in total. The summed E-state index contributed by atoms with van der Waals surface area (Å²) in [4.78, 5) is 0. The van der Waals surface area contributed by atoms with Gasteiger partial charge in [-0.3, -0.25) is 0 Å². The third kappa shape index (κ3) is 2.18. The Morgan fingerprint density at radius 2 is 2.29 bits per heavy atom. The van der Waals surface area contributed by atoms with E-state index in [9.17, 15) is 5.11 Å². The normalized spacial score (nSPS) is 12.1. The molecule has 0 heterocycles. The zero-order valence-electron chi connectivity index (χ0n) is 7.17. The van der Waals surface area contributed by atoms with E-state index in [1.807, 2.05) is 6.07 Å². The monoisotopic (exact) mass is 274 g/mol. The van der Waals surface area contributed by atoms with Gasteiger partial charge in [-0.15, -0.1) is 0 Å². The molecule has 0 saturated heterocycles. The van der Waals surface area contributed by atoms with Crippen molar-refractivity contribution >= 4 is 33.2 Å². The molecule has 0 amide bonds. The predicted octanol–water partition coefficient (Wildman–Crippen LogP) is 2.22. The molecule has 1 atom stereocenters. The molecule has 1 aromatic carbocycles. The van der Waals surface area contributed by atoms with Crippen LogP contribution in [0.15, 0.2) is 12.1 Å². The Hall–Kier alpha value is -0.760. The van der Waals surface area contributed by atoms with Crippen LogP contribution in [0.4, 0.5) is 5.69 Å². The second-order valence-corrected chi connectivity index (χ2v) is 3.80. The number of nitrogens with two attached hydrogens (primary N) is 1. The molecule has 14 heavy (non-hydrogen) atoms. The molecule has 3 nitrogen and oxygen atoms in total. The van der Waals surface area contributed by atoms with Gasteiger partial charge in [0.05, 0.1) is 22.4 Å². The molecule has 0 aliphatic carbocycles. The van der Waals surface area contributed by atoms with Crippen LogP contribution in [0, 0.1) is 11.3 Å². The lowest BCUT2D eigenvalue weighted by Gasteiger charge is -2.09. The second kappa shape index (κ2) is 4.65. The molecule has 0 saturated carbocycles. The number of benzene rings is 1. The van der Waals surface area contributed by atoms with Gasteiger partial charge < -0.3 is 10.8 Å². The first-order chi connectivity index (χ1) is 6.60. The van der Waals surface area contributed by atoms with Crippen LogP contribution in [0.1, 0.15) is 17.2 Å². The lowest BCUT2D eigenvalue weighted by atomic mass is 10.1. The second-order valence-electron chi connectivity index (χ2n) is 2.75. The van der Waals surface area contributed by atoms with Gasteiger partial charge in [0.15, 0.2) is 0 Å². The van der Waals surface area contributed by atoms with Gasteiger partial charge in [0, 0.05) is 5.33 Å². The van der Waals surface area contributed by atoms with Crippen LogP contribution in [0.2, 0.25) is 5.02 Å².